The van der Waals surface area contributed by atoms with Crippen LogP contribution >= 0.6 is 0 Å². The highest BCUT2D eigenvalue weighted by atomic mass is 32.2. The first-order valence-corrected chi connectivity index (χ1v) is 7.92. The molecule has 0 aromatic heterocycles. The Morgan fingerprint density at radius 3 is 2.53 bits per heavy atom. The van der Waals surface area contributed by atoms with Crippen molar-refractivity contribution in [3.63, 3.8) is 0 Å². The van der Waals surface area contributed by atoms with E-state index in [0.29, 0.717) is 12.8 Å². The van der Waals surface area contributed by atoms with Crippen LogP contribution in [0.1, 0.15) is 32.1 Å². The maximum Gasteiger partial charge on any atom is 0.185 e. The second kappa shape index (κ2) is 5.54. The fourth-order valence-corrected chi connectivity index (χ4v) is 4.56. The third kappa shape index (κ3) is 2.95. The number of hydrogen-bond acceptors (Lipinski definition) is 3. The SMILES string of the molecule is NC1CCCCCC1S(=O)(=O)c1cc(F)ccc1F. The molecule has 19 heavy (non-hydrogen) atoms. The summed E-state index contributed by atoms with van der Waals surface area (Å²) in [5.74, 6) is -1.68. The zero-order valence-electron chi connectivity index (χ0n) is 10.5. The van der Waals surface area contributed by atoms with E-state index in [-0.39, 0.29) is 0 Å². The van der Waals surface area contributed by atoms with Crippen molar-refractivity contribution in [2.45, 2.75) is 48.3 Å². The van der Waals surface area contributed by atoms with Crippen LogP contribution in [0.4, 0.5) is 8.78 Å². The Bertz CT molecular complexity index is 560. The number of sulfone groups is 1. The van der Waals surface area contributed by atoms with Crippen LogP contribution in [0.15, 0.2) is 23.1 Å². The maximum absolute atomic E-state index is 13.7. The molecule has 2 rings (SSSR count). The van der Waals surface area contributed by atoms with E-state index >= 15 is 0 Å². The van der Waals surface area contributed by atoms with Crippen molar-refractivity contribution in [3.05, 3.63) is 29.8 Å². The fourth-order valence-electron chi connectivity index (χ4n) is 2.55. The summed E-state index contributed by atoms with van der Waals surface area (Å²) in [6.45, 7) is 0. The van der Waals surface area contributed by atoms with Crippen molar-refractivity contribution in [3.8, 4) is 0 Å². The lowest BCUT2D eigenvalue weighted by molar-refractivity contribution is 0.516. The predicted octanol–water partition coefficient (Wildman–Crippen LogP) is 2.40. The highest BCUT2D eigenvalue weighted by molar-refractivity contribution is 7.92. The largest absolute Gasteiger partial charge is 0.327 e. The summed E-state index contributed by atoms with van der Waals surface area (Å²) in [4.78, 5) is -0.574. The Kier molecular flexibility index (Phi) is 4.20. The topological polar surface area (TPSA) is 60.2 Å². The first-order valence-electron chi connectivity index (χ1n) is 6.37. The molecular formula is C13H17F2NO2S. The minimum atomic E-state index is -3.93. The molecule has 2 N–H and O–H groups in total. The van der Waals surface area contributed by atoms with E-state index < -0.39 is 37.7 Å². The lowest BCUT2D eigenvalue weighted by atomic mass is 10.1. The van der Waals surface area contributed by atoms with Gasteiger partial charge in [-0.3, -0.25) is 0 Å². The van der Waals surface area contributed by atoms with Crippen LogP contribution in [0.2, 0.25) is 0 Å². The van der Waals surface area contributed by atoms with E-state index in [0.717, 1.165) is 37.5 Å². The highest BCUT2D eigenvalue weighted by Gasteiger charge is 2.35. The van der Waals surface area contributed by atoms with Crippen molar-refractivity contribution in [1.29, 1.82) is 0 Å². The van der Waals surface area contributed by atoms with E-state index in [1.54, 1.807) is 0 Å². The van der Waals surface area contributed by atoms with Gasteiger partial charge in [0.1, 0.15) is 16.5 Å². The summed E-state index contributed by atoms with van der Waals surface area (Å²) in [7, 11) is -3.93. The van der Waals surface area contributed by atoms with E-state index in [1.165, 1.54) is 0 Å². The monoisotopic (exact) mass is 289 g/mol. The minimum Gasteiger partial charge on any atom is -0.327 e. The molecule has 6 heteroatoms. The molecular weight excluding hydrogens is 272 g/mol. The highest BCUT2D eigenvalue weighted by Crippen LogP contribution is 2.29. The van der Waals surface area contributed by atoms with Crippen LogP contribution in [0.5, 0.6) is 0 Å². The summed E-state index contributed by atoms with van der Waals surface area (Å²) >= 11 is 0. The fraction of sp³-hybridized carbons (Fsp3) is 0.538. The van der Waals surface area contributed by atoms with E-state index in [9.17, 15) is 17.2 Å². The third-order valence-electron chi connectivity index (χ3n) is 3.60. The zero-order valence-corrected chi connectivity index (χ0v) is 11.3. The summed E-state index contributed by atoms with van der Waals surface area (Å²) in [6, 6.07) is 1.96. The number of hydrogen-bond donors (Lipinski definition) is 1. The third-order valence-corrected chi connectivity index (χ3v) is 5.91. The zero-order chi connectivity index (χ0) is 14.0. The standard InChI is InChI=1S/C13H17F2NO2S/c14-9-6-7-10(15)13(8-9)19(17,18)12-5-3-1-2-4-11(12)16/h6-8,11-12H,1-5,16H2. The second-order valence-electron chi connectivity index (χ2n) is 4.96. The molecule has 1 aliphatic carbocycles. The summed E-state index contributed by atoms with van der Waals surface area (Å²) < 4.78 is 51.7. The van der Waals surface area contributed by atoms with Gasteiger partial charge in [-0.1, -0.05) is 19.3 Å². The first-order chi connectivity index (χ1) is 8.93. The van der Waals surface area contributed by atoms with Gasteiger partial charge in [-0.2, -0.15) is 0 Å². The molecule has 2 atom stereocenters. The molecule has 1 aliphatic rings. The van der Waals surface area contributed by atoms with Gasteiger partial charge >= 0.3 is 0 Å². The Labute approximate surface area is 111 Å². The van der Waals surface area contributed by atoms with E-state index in [1.807, 2.05) is 0 Å². The van der Waals surface area contributed by atoms with Gasteiger partial charge in [0.05, 0.1) is 5.25 Å². The van der Waals surface area contributed by atoms with Crippen LogP contribution in [0.25, 0.3) is 0 Å². The van der Waals surface area contributed by atoms with Crippen LogP contribution < -0.4 is 5.73 Å². The van der Waals surface area contributed by atoms with Crippen molar-refractivity contribution in [1.82, 2.24) is 0 Å². The molecule has 1 saturated carbocycles. The van der Waals surface area contributed by atoms with Gasteiger partial charge in [0.15, 0.2) is 9.84 Å². The molecule has 106 valence electrons. The van der Waals surface area contributed by atoms with Crippen LogP contribution in [-0.4, -0.2) is 19.7 Å². The maximum atomic E-state index is 13.7. The second-order valence-corrected chi connectivity index (χ2v) is 7.10. The Morgan fingerprint density at radius 1 is 1.11 bits per heavy atom. The number of nitrogens with two attached hydrogens (primary N) is 1. The Balaban J connectivity index is 2.43. The molecule has 0 bridgehead atoms. The van der Waals surface area contributed by atoms with Crippen molar-refractivity contribution in [2.24, 2.45) is 5.73 Å². The van der Waals surface area contributed by atoms with E-state index in [4.69, 9.17) is 5.73 Å². The van der Waals surface area contributed by atoms with Crippen LogP contribution in [0, 0.1) is 11.6 Å². The molecule has 0 heterocycles. The average molecular weight is 289 g/mol. The number of rotatable bonds is 2. The van der Waals surface area contributed by atoms with Crippen LogP contribution in [-0.2, 0) is 9.84 Å². The summed E-state index contributed by atoms with van der Waals surface area (Å²) in [5.41, 5.74) is 5.90. The summed E-state index contributed by atoms with van der Waals surface area (Å²) in [5, 5.41) is -0.828. The quantitative estimate of drug-likeness (QED) is 0.850. The molecule has 0 aliphatic heterocycles. The smallest absolute Gasteiger partial charge is 0.185 e. The van der Waals surface area contributed by atoms with Crippen molar-refractivity contribution in [2.75, 3.05) is 0 Å². The molecule has 1 fully saturated rings. The van der Waals surface area contributed by atoms with E-state index in [2.05, 4.69) is 0 Å². The molecule has 1 aromatic carbocycles. The molecule has 2 unspecified atom stereocenters. The van der Waals surface area contributed by atoms with Gasteiger partial charge in [0.2, 0.25) is 0 Å². The van der Waals surface area contributed by atoms with Crippen molar-refractivity contribution >= 4 is 9.84 Å². The van der Waals surface area contributed by atoms with Gasteiger partial charge in [-0.05, 0) is 31.0 Å². The Morgan fingerprint density at radius 2 is 1.79 bits per heavy atom. The van der Waals surface area contributed by atoms with Gasteiger partial charge in [0, 0.05) is 6.04 Å². The van der Waals surface area contributed by atoms with Gasteiger partial charge in [-0.15, -0.1) is 0 Å². The van der Waals surface area contributed by atoms with Gasteiger partial charge in [-0.25, -0.2) is 17.2 Å². The first kappa shape index (κ1) is 14.4. The molecule has 1 aromatic rings. The summed E-state index contributed by atoms with van der Waals surface area (Å²) in [6.07, 6.45) is 3.54. The molecule has 0 radical (unpaired) electrons. The number of halogens is 2. The lowest BCUT2D eigenvalue weighted by Gasteiger charge is -2.21. The molecule has 0 amide bonds. The van der Waals surface area contributed by atoms with Gasteiger partial charge in [0.25, 0.3) is 0 Å². The average Bonchev–Trinajstić information content (AvgIpc) is 2.57. The molecule has 3 nitrogen and oxygen atoms in total. The molecule has 0 spiro atoms. The lowest BCUT2D eigenvalue weighted by Crippen LogP contribution is -2.40. The van der Waals surface area contributed by atoms with Crippen molar-refractivity contribution < 1.29 is 17.2 Å². The Hall–Kier alpha value is -1.01. The predicted molar refractivity (Wildman–Crippen MR) is 68.4 cm³/mol. The minimum absolute atomic E-state index is 0.402. The van der Waals surface area contributed by atoms with Crippen LogP contribution in [0.3, 0.4) is 0 Å². The number of benzene rings is 1. The molecule has 0 saturated heterocycles. The normalized spacial score (nSPS) is 25.0. The van der Waals surface area contributed by atoms with Gasteiger partial charge < -0.3 is 5.73 Å².